The number of benzene rings is 1. The Morgan fingerprint density at radius 3 is 2.91 bits per heavy atom. The average molecular weight is 311 g/mol. The number of likely N-dealkylation sites (tertiary alicyclic amines) is 1. The molecule has 1 aliphatic rings. The summed E-state index contributed by atoms with van der Waals surface area (Å²) < 4.78 is 6.66. The molecule has 0 spiro atoms. The number of nitrogens with zero attached hydrogens (tertiary/aromatic N) is 7. The van der Waals surface area contributed by atoms with Crippen molar-refractivity contribution in [3.63, 3.8) is 0 Å². The molecular formula is C14H13N7O2. The van der Waals surface area contributed by atoms with Gasteiger partial charge in [-0.1, -0.05) is 11.2 Å². The molecule has 1 saturated heterocycles. The number of aromatic nitrogens is 6. The van der Waals surface area contributed by atoms with Crippen molar-refractivity contribution < 1.29 is 9.32 Å². The maximum absolute atomic E-state index is 12.5. The molecule has 23 heavy (non-hydrogen) atoms. The van der Waals surface area contributed by atoms with E-state index in [2.05, 4.69) is 25.7 Å². The van der Waals surface area contributed by atoms with Crippen LogP contribution in [0.5, 0.6) is 0 Å². The molecule has 1 amide bonds. The number of hydrogen-bond acceptors (Lipinski definition) is 7. The van der Waals surface area contributed by atoms with Crippen molar-refractivity contribution in [2.45, 2.75) is 12.8 Å². The van der Waals surface area contributed by atoms with E-state index < -0.39 is 0 Å². The van der Waals surface area contributed by atoms with Crippen molar-refractivity contribution in [3.05, 3.63) is 47.9 Å². The van der Waals surface area contributed by atoms with Crippen LogP contribution in [0.1, 0.15) is 28.0 Å². The number of tetrazole rings is 1. The van der Waals surface area contributed by atoms with Gasteiger partial charge in [-0.15, -0.1) is 5.10 Å². The summed E-state index contributed by atoms with van der Waals surface area (Å²) in [4.78, 5) is 18.5. The van der Waals surface area contributed by atoms with Crippen LogP contribution in [0.15, 0.2) is 35.1 Å². The molecule has 0 saturated carbocycles. The Balaban J connectivity index is 1.47. The Labute approximate surface area is 130 Å². The van der Waals surface area contributed by atoms with E-state index in [1.807, 2.05) is 12.1 Å². The van der Waals surface area contributed by atoms with Crippen LogP contribution in [0.4, 0.5) is 0 Å². The fraction of sp³-hybridized carbons (Fsp3) is 0.286. The maximum atomic E-state index is 12.5. The van der Waals surface area contributed by atoms with E-state index in [4.69, 9.17) is 4.52 Å². The van der Waals surface area contributed by atoms with Gasteiger partial charge in [0.1, 0.15) is 6.33 Å². The topological polar surface area (TPSA) is 103 Å². The van der Waals surface area contributed by atoms with Gasteiger partial charge in [-0.3, -0.25) is 4.79 Å². The molecule has 0 aliphatic carbocycles. The second kappa shape index (κ2) is 5.27. The average Bonchev–Trinajstić information content (AvgIpc) is 3.18. The summed E-state index contributed by atoms with van der Waals surface area (Å²) in [5, 5.41) is 14.8. The second-order valence-electron chi connectivity index (χ2n) is 5.39. The third-order valence-corrected chi connectivity index (χ3v) is 3.77. The maximum Gasteiger partial charge on any atom is 0.253 e. The highest BCUT2D eigenvalue weighted by Gasteiger charge is 2.35. The van der Waals surface area contributed by atoms with Crippen LogP contribution in [0.2, 0.25) is 0 Å². The highest BCUT2D eigenvalue weighted by Crippen LogP contribution is 2.27. The largest absolute Gasteiger partial charge is 0.339 e. The zero-order chi connectivity index (χ0) is 15.8. The highest BCUT2D eigenvalue weighted by molar-refractivity contribution is 5.95. The Kier molecular flexibility index (Phi) is 3.11. The molecule has 1 aliphatic heterocycles. The summed E-state index contributed by atoms with van der Waals surface area (Å²) in [7, 11) is 0. The zero-order valence-electron chi connectivity index (χ0n) is 12.3. The van der Waals surface area contributed by atoms with Gasteiger partial charge in [0.05, 0.1) is 11.6 Å². The first-order valence-corrected chi connectivity index (χ1v) is 7.13. The summed E-state index contributed by atoms with van der Waals surface area (Å²) >= 11 is 0. The van der Waals surface area contributed by atoms with Gasteiger partial charge in [-0.05, 0) is 35.5 Å². The summed E-state index contributed by atoms with van der Waals surface area (Å²) in [6.07, 6.45) is 1.49. The first-order valence-electron chi connectivity index (χ1n) is 7.13. The molecule has 1 aromatic carbocycles. The number of amides is 1. The Hall–Kier alpha value is -3.10. The Morgan fingerprint density at radius 2 is 2.22 bits per heavy atom. The van der Waals surface area contributed by atoms with E-state index in [0.717, 1.165) is 5.69 Å². The first kappa shape index (κ1) is 13.6. The van der Waals surface area contributed by atoms with E-state index in [0.29, 0.717) is 30.4 Å². The lowest BCUT2D eigenvalue weighted by Crippen LogP contribution is -2.48. The van der Waals surface area contributed by atoms with Gasteiger partial charge >= 0.3 is 0 Å². The number of aryl methyl sites for hydroxylation is 1. The van der Waals surface area contributed by atoms with Crippen LogP contribution in [0.25, 0.3) is 5.69 Å². The molecule has 0 unspecified atom stereocenters. The van der Waals surface area contributed by atoms with Crippen molar-refractivity contribution >= 4 is 5.91 Å². The molecule has 1 fully saturated rings. The lowest BCUT2D eigenvalue weighted by molar-refractivity contribution is 0.0569. The fourth-order valence-electron chi connectivity index (χ4n) is 2.52. The van der Waals surface area contributed by atoms with E-state index >= 15 is 0 Å². The van der Waals surface area contributed by atoms with Crippen molar-refractivity contribution in [3.8, 4) is 5.69 Å². The van der Waals surface area contributed by atoms with Crippen LogP contribution < -0.4 is 0 Å². The monoisotopic (exact) mass is 311 g/mol. The van der Waals surface area contributed by atoms with Crippen LogP contribution in [0.3, 0.4) is 0 Å². The van der Waals surface area contributed by atoms with Gasteiger partial charge in [0.2, 0.25) is 5.89 Å². The van der Waals surface area contributed by atoms with E-state index in [-0.39, 0.29) is 11.8 Å². The quantitative estimate of drug-likeness (QED) is 0.697. The molecule has 0 N–H and O–H groups in total. The molecule has 3 aromatic rings. The van der Waals surface area contributed by atoms with Gasteiger partial charge in [0.15, 0.2) is 5.82 Å². The number of rotatable bonds is 3. The van der Waals surface area contributed by atoms with Crippen LogP contribution in [-0.2, 0) is 0 Å². The molecule has 0 atom stereocenters. The number of hydrogen-bond donors (Lipinski definition) is 0. The Morgan fingerprint density at radius 1 is 1.35 bits per heavy atom. The second-order valence-corrected chi connectivity index (χ2v) is 5.39. The minimum Gasteiger partial charge on any atom is -0.339 e. The molecule has 9 heteroatoms. The standard InChI is InChI=1S/C14H13N7O2/c1-9-16-13(23-17-9)11-6-20(7-11)14(22)10-3-2-4-12(5-10)21-8-15-18-19-21/h2-5,8,11H,6-7H2,1H3. The summed E-state index contributed by atoms with van der Waals surface area (Å²) in [5.41, 5.74) is 1.34. The molecule has 116 valence electrons. The number of carbonyl (C=O) groups is 1. The molecule has 3 heterocycles. The summed E-state index contributed by atoms with van der Waals surface area (Å²) in [6.45, 7) is 2.93. The Bertz CT molecular complexity index is 836. The van der Waals surface area contributed by atoms with E-state index in [9.17, 15) is 4.79 Å². The zero-order valence-corrected chi connectivity index (χ0v) is 12.3. The minimum absolute atomic E-state index is 0.0348. The van der Waals surface area contributed by atoms with Gasteiger partial charge in [0, 0.05) is 18.7 Å². The lowest BCUT2D eigenvalue weighted by atomic mass is 9.98. The van der Waals surface area contributed by atoms with Crippen LogP contribution >= 0.6 is 0 Å². The van der Waals surface area contributed by atoms with Crippen molar-refractivity contribution in [2.24, 2.45) is 0 Å². The predicted molar refractivity (Wildman–Crippen MR) is 76.8 cm³/mol. The van der Waals surface area contributed by atoms with Crippen molar-refractivity contribution in [1.29, 1.82) is 0 Å². The van der Waals surface area contributed by atoms with Gasteiger partial charge in [-0.2, -0.15) is 4.98 Å². The molecule has 0 radical (unpaired) electrons. The van der Waals surface area contributed by atoms with Crippen molar-refractivity contribution in [2.75, 3.05) is 13.1 Å². The minimum atomic E-state index is -0.0348. The van der Waals surface area contributed by atoms with Gasteiger partial charge < -0.3 is 9.42 Å². The van der Waals surface area contributed by atoms with Crippen LogP contribution in [0, 0.1) is 6.92 Å². The third kappa shape index (κ3) is 2.45. The highest BCUT2D eigenvalue weighted by atomic mass is 16.5. The molecule has 4 rings (SSSR count). The smallest absolute Gasteiger partial charge is 0.253 e. The lowest BCUT2D eigenvalue weighted by Gasteiger charge is -2.37. The molecule has 9 nitrogen and oxygen atoms in total. The fourth-order valence-corrected chi connectivity index (χ4v) is 2.52. The van der Waals surface area contributed by atoms with Gasteiger partial charge in [-0.25, -0.2) is 4.68 Å². The SMILES string of the molecule is Cc1noc(C2CN(C(=O)c3cccc(-n4cnnn4)c3)C2)n1. The first-order chi connectivity index (χ1) is 11.2. The van der Waals surface area contributed by atoms with E-state index in [1.165, 1.54) is 11.0 Å². The molecule has 0 bridgehead atoms. The van der Waals surface area contributed by atoms with Crippen LogP contribution in [-0.4, -0.2) is 54.2 Å². The normalized spacial score (nSPS) is 14.7. The molecule has 2 aromatic heterocycles. The van der Waals surface area contributed by atoms with E-state index in [1.54, 1.807) is 24.0 Å². The predicted octanol–water partition coefficient (Wildman–Crippen LogP) is 0.593. The third-order valence-electron chi connectivity index (χ3n) is 3.77. The molecular weight excluding hydrogens is 298 g/mol. The van der Waals surface area contributed by atoms with Gasteiger partial charge in [0.25, 0.3) is 5.91 Å². The number of carbonyl (C=O) groups excluding carboxylic acids is 1. The summed E-state index contributed by atoms with van der Waals surface area (Å²) in [6, 6.07) is 7.19. The van der Waals surface area contributed by atoms with Crippen molar-refractivity contribution in [1.82, 2.24) is 35.2 Å². The summed E-state index contributed by atoms with van der Waals surface area (Å²) in [5.74, 6) is 1.28.